The first-order chi connectivity index (χ1) is 15.7. The highest BCUT2D eigenvalue weighted by Gasteiger charge is 2.32. The van der Waals surface area contributed by atoms with Gasteiger partial charge in [0.2, 0.25) is 5.90 Å². The molecule has 1 aromatic heterocycles. The average Bonchev–Trinajstić information content (AvgIpc) is 2.79. The van der Waals surface area contributed by atoms with Crippen molar-refractivity contribution in [1.82, 2.24) is 14.8 Å². The van der Waals surface area contributed by atoms with Crippen LogP contribution in [0.3, 0.4) is 0 Å². The summed E-state index contributed by atoms with van der Waals surface area (Å²) in [6.07, 6.45) is -0.709. The van der Waals surface area contributed by atoms with Crippen LogP contribution in [0.15, 0.2) is 65.6 Å². The van der Waals surface area contributed by atoms with Crippen molar-refractivity contribution >= 4 is 23.2 Å². The molecule has 3 rings (SSSR count). The molecule has 1 amide bonds. The van der Waals surface area contributed by atoms with E-state index in [4.69, 9.17) is 16.2 Å². The van der Waals surface area contributed by atoms with E-state index >= 15 is 0 Å². The minimum Gasteiger partial charge on any atom is -0.467 e. The highest BCUT2D eigenvalue weighted by atomic mass is 19.4. The molecule has 0 saturated carbocycles. The molecule has 11 heteroatoms. The number of nitrogen functional groups attached to an aromatic ring is 1. The number of nitrogens with zero attached hydrogens (tertiary/aromatic N) is 4. The number of benzene rings is 1. The van der Waals surface area contributed by atoms with Crippen LogP contribution in [0.25, 0.3) is 0 Å². The molecule has 1 aliphatic heterocycles. The van der Waals surface area contributed by atoms with Crippen molar-refractivity contribution in [2.75, 3.05) is 38.5 Å². The lowest BCUT2D eigenvalue weighted by atomic mass is 10.2. The van der Waals surface area contributed by atoms with Crippen LogP contribution in [0.2, 0.25) is 0 Å². The maximum atomic E-state index is 12.9. The van der Waals surface area contributed by atoms with Crippen LogP contribution < -0.4 is 11.5 Å². The number of para-hydroxylation sites is 2. The summed E-state index contributed by atoms with van der Waals surface area (Å²) in [6, 6.07) is 10.2. The van der Waals surface area contributed by atoms with Crippen LogP contribution in [0.5, 0.6) is 0 Å². The molecular weight excluding hydrogens is 437 g/mol. The maximum Gasteiger partial charge on any atom is 0.430 e. The second-order valence-electron chi connectivity index (χ2n) is 7.41. The Morgan fingerprint density at radius 3 is 2.52 bits per heavy atom. The van der Waals surface area contributed by atoms with Gasteiger partial charge in [0.15, 0.2) is 6.61 Å². The van der Waals surface area contributed by atoms with E-state index in [1.165, 1.54) is 6.07 Å². The first kappa shape index (κ1) is 24.1. The fraction of sp³-hybridized carbons (Fsp3) is 0.318. The number of alkyl halides is 3. The highest BCUT2D eigenvalue weighted by Crippen LogP contribution is 2.24. The molecule has 2 aromatic rings. The molecule has 0 radical (unpaired) electrons. The number of nitrogens with two attached hydrogens (primary N) is 2. The number of hydrogen-bond acceptors (Lipinski definition) is 7. The summed E-state index contributed by atoms with van der Waals surface area (Å²) in [5.41, 5.74) is 11.0. The zero-order chi connectivity index (χ0) is 23.8. The Bertz CT molecular complexity index is 1000. The number of carbonyl (C=O) groups excluding carboxylic acids is 1. The Kier molecular flexibility index (Phi) is 7.88. The zero-order valence-electron chi connectivity index (χ0n) is 17.8. The van der Waals surface area contributed by atoms with Crippen molar-refractivity contribution in [3.63, 3.8) is 0 Å². The Hall–Kier alpha value is -3.60. The van der Waals surface area contributed by atoms with Gasteiger partial charge in [-0.1, -0.05) is 18.2 Å². The molecule has 176 valence electrons. The molecule has 1 aliphatic rings. The van der Waals surface area contributed by atoms with Gasteiger partial charge in [-0.15, -0.1) is 0 Å². The number of allylic oxidation sites excluding steroid dienone is 1. The number of aromatic nitrogens is 1. The lowest BCUT2D eigenvalue weighted by Gasteiger charge is -2.34. The smallest absolute Gasteiger partial charge is 0.430 e. The quantitative estimate of drug-likeness (QED) is 0.388. The predicted octanol–water partition coefficient (Wildman–Crippen LogP) is 2.46. The first-order valence-electron chi connectivity index (χ1n) is 10.2. The Morgan fingerprint density at radius 1 is 1.15 bits per heavy atom. The molecular formula is C22H25F3N6O2. The summed E-state index contributed by atoms with van der Waals surface area (Å²) in [5.74, 6) is -0.810. The first-order valence-corrected chi connectivity index (χ1v) is 10.2. The van der Waals surface area contributed by atoms with E-state index in [-0.39, 0.29) is 17.3 Å². The fourth-order valence-corrected chi connectivity index (χ4v) is 3.16. The summed E-state index contributed by atoms with van der Waals surface area (Å²) < 4.78 is 44.0. The van der Waals surface area contributed by atoms with Gasteiger partial charge in [0, 0.05) is 51.2 Å². The SMILES string of the molecule is NC(=CC(=Nc1ccccc1N)OCC(=O)N1CCN(Cc2cccnc2)CC1)C(F)(F)F. The Labute approximate surface area is 189 Å². The van der Waals surface area contributed by atoms with Crippen LogP contribution in [0, 0.1) is 0 Å². The molecule has 0 aliphatic carbocycles. The van der Waals surface area contributed by atoms with Crippen LogP contribution in [0.4, 0.5) is 24.5 Å². The van der Waals surface area contributed by atoms with Crippen molar-refractivity contribution in [3.8, 4) is 0 Å². The van der Waals surface area contributed by atoms with Gasteiger partial charge in [-0.25, -0.2) is 4.99 Å². The van der Waals surface area contributed by atoms with E-state index in [2.05, 4.69) is 14.9 Å². The molecule has 33 heavy (non-hydrogen) atoms. The number of anilines is 1. The minimum atomic E-state index is -4.76. The lowest BCUT2D eigenvalue weighted by molar-refractivity contribution is -0.135. The molecule has 1 aromatic carbocycles. The third-order valence-electron chi connectivity index (χ3n) is 4.97. The molecule has 0 spiro atoms. The topological polar surface area (TPSA) is 110 Å². The fourth-order valence-electron chi connectivity index (χ4n) is 3.16. The van der Waals surface area contributed by atoms with Crippen molar-refractivity contribution < 1.29 is 22.7 Å². The molecule has 4 N–H and O–H groups in total. The van der Waals surface area contributed by atoms with Crippen molar-refractivity contribution in [1.29, 1.82) is 0 Å². The van der Waals surface area contributed by atoms with E-state index in [9.17, 15) is 18.0 Å². The average molecular weight is 462 g/mol. The lowest BCUT2D eigenvalue weighted by Crippen LogP contribution is -2.49. The summed E-state index contributed by atoms with van der Waals surface area (Å²) >= 11 is 0. The van der Waals surface area contributed by atoms with Crippen molar-refractivity contribution in [3.05, 3.63) is 66.1 Å². The van der Waals surface area contributed by atoms with E-state index in [1.54, 1.807) is 35.5 Å². The van der Waals surface area contributed by atoms with Gasteiger partial charge in [-0.2, -0.15) is 13.2 Å². The third-order valence-corrected chi connectivity index (χ3v) is 4.97. The highest BCUT2D eigenvalue weighted by molar-refractivity contribution is 5.93. The summed E-state index contributed by atoms with van der Waals surface area (Å²) in [6.45, 7) is 2.51. The maximum absolute atomic E-state index is 12.9. The number of rotatable bonds is 6. The van der Waals surface area contributed by atoms with Crippen molar-refractivity contribution in [2.45, 2.75) is 12.7 Å². The van der Waals surface area contributed by atoms with Crippen LogP contribution in [-0.4, -0.2) is 65.6 Å². The number of pyridine rings is 1. The Morgan fingerprint density at radius 2 is 1.88 bits per heavy atom. The summed E-state index contributed by atoms with van der Waals surface area (Å²) in [4.78, 5) is 24.5. The number of piperazine rings is 1. The number of hydrogen-bond donors (Lipinski definition) is 2. The zero-order valence-corrected chi connectivity index (χ0v) is 17.8. The van der Waals surface area contributed by atoms with E-state index in [0.717, 1.165) is 12.1 Å². The molecule has 0 atom stereocenters. The van der Waals surface area contributed by atoms with Gasteiger partial charge < -0.3 is 21.1 Å². The number of amides is 1. The van der Waals surface area contributed by atoms with Crippen LogP contribution in [-0.2, 0) is 16.1 Å². The monoisotopic (exact) mass is 462 g/mol. The second-order valence-corrected chi connectivity index (χ2v) is 7.41. The Balaban J connectivity index is 1.61. The largest absolute Gasteiger partial charge is 0.467 e. The van der Waals surface area contributed by atoms with Gasteiger partial charge >= 0.3 is 6.18 Å². The minimum absolute atomic E-state index is 0.204. The van der Waals surface area contributed by atoms with Crippen LogP contribution in [0.1, 0.15) is 5.56 Å². The predicted molar refractivity (Wildman–Crippen MR) is 118 cm³/mol. The van der Waals surface area contributed by atoms with E-state index in [1.807, 2.05) is 12.1 Å². The van der Waals surface area contributed by atoms with Gasteiger partial charge in [-0.05, 0) is 23.8 Å². The normalized spacial score (nSPS) is 16.0. The molecule has 1 saturated heterocycles. The van der Waals surface area contributed by atoms with E-state index < -0.39 is 24.4 Å². The third kappa shape index (κ3) is 7.21. The van der Waals surface area contributed by atoms with Gasteiger partial charge in [0.25, 0.3) is 5.91 Å². The second kappa shape index (κ2) is 10.8. The number of carbonyl (C=O) groups is 1. The number of halogens is 3. The summed E-state index contributed by atoms with van der Waals surface area (Å²) in [5, 5.41) is 0. The number of ether oxygens (including phenoxy) is 1. The number of aliphatic imine (C=N–C) groups is 1. The van der Waals surface area contributed by atoms with E-state index in [0.29, 0.717) is 32.3 Å². The molecule has 8 nitrogen and oxygen atoms in total. The molecule has 1 fully saturated rings. The van der Waals surface area contributed by atoms with Gasteiger partial charge in [-0.3, -0.25) is 14.7 Å². The molecule has 0 unspecified atom stereocenters. The van der Waals surface area contributed by atoms with Crippen molar-refractivity contribution in [2.24, 2.45) is 10.7 Å². The summed E-state index contributed by atoms with van der Waals surface area (Å²) in [7, 11) is 0. The standard InChI is InChI=1S/C22H25F3N6O2/c23-22(24,25)19(27)12-20(29-18-6-2-1-5-17(18)26)33-15-21(32)31-10-8-30(9-11-31)14-16-4-3-7-28-13-16/h1-7,12-13H,8-11,14-15,26-27H2. The van der Waals surface area contributed by atoms with Crippen LogP contribution >= 0.6 is 0 Å². The molecule has 2 heterocycles. The molecule has 0 bridgehead atoms. The van der Waals surface area contributed by atoms with Gasteiger partial charge in [0.05, 0.1) is 11.4 Å². The van der Waals surface area contributed by atoms with Gasteiger partial charge in [0.1, 0.15) is 5.70 Å².